The Balaban J connectivity index is 2.81. The number of hydrogen-bond acceptors (Lipinski definition) is 4. The van der Waals surface area contributed by atoms with Crippen molar-refractivity contribution >= 4 is 20.1 Å². The molecule has 0 saturated carbocycles. The van der Waals surface area contributed by atoms with Gasteiger partial charge in [-0.1, -0.05) is 31.8 Å². The average Bonchev–Trinajstić information content (AvgIpc) is 2.42. The highest BCUT2D eigenvalue weighted by atomic mass is 28.3. The van der Waals surface area contributed by atoms with E-state index in [1.54, 1.807) is 31.4 Å². The van der Waals surface area contributed by atoms with E-state index >= 15 is 0 Å². The Kier molecular flexibility index (Phi) is 5.53. The van der Waals surface area contributed by atoms with Crippen LogP contribution in [0.3, 0.4) is 0 Å². The lowest BCUT2D eigenvalue weighted by Gasteiger charge is -2.15. The highest BCUT2D eigenvalue weighted by molar-refractivity contribution is 6.76. The standard InChI is InChI=1S/C15H19NO3Si/c1-18-14-7-5-12(6-8-14)9-13(10-16)15(17)19-11-20(2,3)4/h5-9H,11H2,1-4H3/b13-9-. The van der Waals surface area contributed by atoms with Gasteiger partial charge in [0, 0.05) is 0 Å². The van der Waals surface area contributed by atoms with Crippen LogP contribution in [0.5, 0.6) is 5.75 Å². The van der Waals surface area contributed by atoms with Gasteiger partial charge in [-0.25, -0.2) is 4.79 Å². The molecular formula is C15H19NO3Si. The number of methoxy groups -OCH3 is 1. The molecule has 106 valence electrons. The van der Waals surface area contributed by atoms with Crippen LogP contribution in [0.2, 0.25) is 19.6 Å². The first-order chi connectivity index (χ1) is 9.35. The summed E-state index contributed by atoms with van der Waals surface area (Å²) in [7, 11) is 0.103. The summed E-state index contributed by atoms with van der Waals surface area (Å²) in [5.74, 6) is 0.160. The van der Waals surface area contributed by atoms with E-state index in [1.807, 2.05) is 6.07 Å². The Bertz CT molecular complexity index is 536. The predicted molar refractivity (Wildman–Crippen MR) is 80.9 cm³/mol. The van der Waals surface area contributed by atoms with E-state index in [2.05, 4.69) is 19.6 Å². The summed E-state index contributed by atoms with van der Waals surface area (Å²) in [6, 6.07) is 8.99. The fourth-order valence-electron chi connectivity index (χ4n) is 1.36. The zero-order valence-electron chi connectivity index (χ0n) is 12.3. The van der Waals surface area contributed by atoms with Gasteiger partial charge in [-0.2, -0.15) is 5.26 Å². The van der Waals surface area contributed by atoms with Gasteiger partial charge in [-0.05, 0) is 23.8 Å². The van der Waals surface area contributed by atoms with Gasteiger partial charge in [0.15, 0.2) is 0 Å². The molecule has 0 atom stereocenters. The second-order valence-electron chi connectivity index (χ2n) is 5.58. The van der Waals surface area contributed by atoms with Crippen molar-refractivity contribution in [3.05, 3.63) is 35.4 Å². The van der Waals surface area contributed by atoms with Crippen molar-refractivity contribution in [2.24, 2.45) is 0 Å². The molecular weight excluding hydrogens is 270 g/mol. The molecule has 5 heteroatoms. The number of carbonyl (C=O) groups excluding carboxylic acids is 1. The lowest BCUT2D eigenvalue weighted by Crippen LogP contribution is -2.30. The molecule has 0 aliphatic heterocycles. The smallest absolute Gasteiger partial charge is 0.348 e. The first-order valence-electron chi connectivity index (χ1n) is 6.29. The van der Waals surface area contributed by atoms with Crippen LogP contribution in [-0.4, -0.2) is 27.4 Å². The molecule has 0 bridgehead atoms. The number of nitrogens with zero attached hydrogens (tertiary/aromatic N) is 1. The van der Waals surface area contributed by atoms with E-state index in [0.717, 1.165) is 11.3 Å². The molecule has 1 rings (SSSR count). The normalized spacial score (nSPS) is 11.7. The van der Waals surface area contributed by atoms with Gasteiger partial charge in [0.05, 0.1) is 21.4 Å². The lowest BCUT2D eigenvalue weighted by molar-refractivity contribution is -0.136. The minimum Gasteiger partial charge on any atom is -0.497 e. The monoisotopic (exact) mass is 289 g/mol. The largest absolute Gasteiger partial charge is 0.497 e. The van der Waals surface area contributed by atoms with Crippen molar-refractivity contribution in [1.82, 2.24) is 0 Å². The predicted octanol–water partition coefficient (Wildman–Crippen LogP) is 3.02. The minimum absolute atomic E-state index is 0.00779. The molecule has 0 amide bonds. The molecule has 0 fully saturated rings. The molecule has 1 aromatic rings. The van der Waals surface area contributed by atoms with Crippen LogP contribution in [-0.2, 0) is 9.53 Å². The molecule has 20 heavy (non-hydrogen) atoms. The maximum atomic E-state index is 11.8. The van der Waals surface area contributed by atoms with Crippen molar-refractivity contribution in [2.75, 3.05) is 13.3 Å². The summed E-state index contributed by atoms with van der Waals surface area (Å²) in [6.07, 6.45) is 1.93. The zero-order valence-corrected chi connectivity index (χ0v) is 13.3. The van der Waals surface area contributed by atoms with E-state index in [-0.39, 0.29) is 5.57 Å². The third-order valence-corrected chi connectivity index (χ3v) is 3.41. The molecule has 4 nitrogen and oxygen atoms in total. The van der Waals surface area contributed by atoms with Gasteiger partial charge >= 0.3 is 5.97 Å². The SMILES string of the molecule is COc1ccc(/C=C(/C#N)C(=O)OC[Si](C)(C)C)cc1. The number of carbonyl (C=O) groups is 1. The van der Waals surface area contributed by atoms with Gasteiger partial charge in [-0.15, -0.1) is 0 Å². The van der Waals surface area contributed by atoms with Crippen molar-refractivity contribution in [3.63, 3.8) is 0 Å². The molecule has 0 aromatic heterocycles. The fraction of sp³-hybridized carbons (Fsp3) is 0.333. The summed E-state index contributed by atoms with van der Waals surface area (Å²) in [5.41, 5.74) is 0.765. The van der Waals surface area contributed by atoms with Crippen LogP contribution in [0.25, 0.3) is 6.08 Å². The lowest BCUT2D eigenvalue weighted by atomic mass is 10.1. The Morgan fingerprint density at radius 1 is 1.30 bits per heavy atom. The molecule has 0 saturated heterocycles. The average molecular weight is 289 g/mol. The van der Waals surface area contributed by atoms with E-state index in [1.165, 1.54) is 6.08 Å². The first kappa shape index (κ1) is 16.0. The molecule has 0 aliphatic rings. The highest BCUT2D eigenvalue weighted by Gasteiger charge is 2.18. The number of nitriles is 1. The maximum Gasteiger partial charge on any atom is 0.348 e. The topological polar surface area (TPSA) is 59.3 Å². The first-order valence-corrected chi connectivity index (χ1v) is 9.99. The van der Waals surface area contributed by atoms with E-state index in [9.17, 15) is 4.79 Å². The molecule has 0 aliphatic carbocycles. The molecule has 0 radical (unpaired) electrons. The second kappa shape index (κ2) is 6.92. The third kappa shape index (κ3) is 5.29. The minimum atomic E-state index is -1.48. The van der Waals surface area contributed by atoms with Gasteiger partial charge in [0.1, 0.15) is 17.4 Å². The quantitative estimate of drug-likeness (QED) is 0.362. The Hall–Kier alpha value is -2.06. The van der Waals surface area contributed by atoms with Crippen LogP contribution in [0.1, 0.15) is 5.56 Å². The van der Waals surface area contributed by atoms with Gasteiger partial charge in [0.25, 0.3) is 0 Å². The number of benzene rings is 1. The summed E-state index contributed by atoms with van der Waals surface area (Å²) in [6.45, 7) is 6.29. The second-order valence-corrected chi connectivity index (χ2v) is 11.0. The van der Waals surface area contributed by atoms with Gasteiger partial charge in [-0.3, -0.25) is 0 Å². The highest BCUT2D eigenvalue weighted by Crippen LogP contribution is 2.14. The van der Waals surface area contributed by atoms with E-state index < -0.39 is 14.0 Å². The third-order valence-electron chi connectivity index (χ3n) is 2.40. The molecule has 0 spiro atoms. The van der Waals surface area contributed by atoms with Crippen LogP contribution in [0.15, 0.2) is 29.8 Å². The van der Waals surface area contributed by atoms with Crippen molar-refractivity contribution < 1.29 is 14.3 Å². The van der Waals surface area contributed by atoms with E-state index in [4.69, 9.17) is 14.7 Å². The molecule has 0 unspecified atom stereocenters. The summed E-state index contributed by atoms with van der Waals surface area (Å²) in [5, 5.41) is 9.06. The van der Waals surface area contributed by atoms with Crippen LogP contribution < -0.4 is 4.74 Å². The van der Waals surface area contributed by atoms with Crippen molar-refractivity contribution in [1.29, 1.82) is 5.26 Å². The van der Waals surface area contributed by atoms with Crippen LogP contribution in [0, 0.1) is 11.3 Å². The Morgan fingerprint density at radius 2 is 1.90 bits per heavy atom. The van der Waals surface area contributed by atoms with Gasteiger partial charge in [0.2, 0.25) is 0 Å². The summed E-state index contributed by atoms with van der Waals surface area (Å²) < 4.78 is 10.2. The number of ether oxygens (including phenoxy) is 2. The summed E-state index contributed by atoms with van der Waals surface area (Å²) >= 11 is 0. The number of hydrogen-bond donors (Lipinski definition) is 0. The molecule has 1 aromatic carbocycles. The molecule has 0 heterocycles. The number of rotatable bonds is 5. The van der Waals surface area contributed by atoms with Crippen molar-refractivity contribution in [3.8, 4) is 11.8 Å². The maximum absolute atomic E-state index is 11.8. The Morgan fingerprint density at radius 3 is 2.35 bits per heavy atom. The van der Waals surface area contributed by atoms with Crippen molar-refractivity contribution in [2.45, 2.75) is 19.6 Å². The van der Waals surface area contributed by atoms with Crippen LogP contribution >= 0.6 is 0 Å². The molecule has 0 N–H and O–H groups in total. The van der Waals surface area contributed by atoms with Crippen LogP contribution in [0.4, 0.5) is 0 Å². The number of esters is 1. The summed E-state index contributed by atoms with van der Waals surface area (Å²) in [4.78, 5) is 11.8. The Labute approximate surface area is 120 Å². The van der Waals surface area contributed by atoms with Gasteiger partial charge < -0.3 is 9.47 Å². The zero-order chi connectivity index (χ0) is 15.2. The van der Waals surface area contributed by atoms with E-state index in [0.29, 0.717) is 6.23 Å². The fourth-order valence-corrected chi connectivity index (χ4v) is 1.93.